The van der Waals surface area contributed by atoms with E-state index in [9.17, 15) is 9.59 Å². The van der Waals surface area contributed by atoms with Crippen molar-refractivity contribution in [1.29, 1.82) is 0 Å². The van der Waals surface area contributed by atoms with Crippen LogP contribution in [0.4, 0.5) is 5.69 Å². The van der Waals surface area contributed by atoms with Crippen LogP contribution in [0.3, 0.4) is 0 Å². The fraction of sp³-hybridized carbons (Fsp3) is 0.286. The molecule has 0 aromatic heterocycles. The van der Waals surface area contributed by atoms with Crippen molar-refractivity contribution in [2.24, 2.45) is 0 Å². The average Bonchev–Trinajstić information content (AvgIpc) is 3.56. The smallest absolute Gasteiger partial charge is 0.251 e. The minimum absolute atomic E-state index is 0. The van der Waals surface area contributed by atoms with Crippen LogP contribution in [-0.4, -0.2) is 36.9 Å². The quantitative estimate of drug-likeness (QED) is 0.420. The van der Waals surface area contributed by atoms with Gasteiger partial charge in [-0.2, -0.15) is 0 Å². The van der Waals surface area contributed by atoms with E-state index in [1.54, 1.807) is 12.1 Å². The maximum Gasteiger partial charge on any atom is 0.251 e. The van der Waals surface area contributed by atoms with Gasteiger partial charge in [0.15, 0.2) is 11.5 Å². The summed E-state index contributed by atoms with van der Waals surface area (Å²) in [5.41, 5.74) is 4.71. The van der Waals surface area contributed by atoms with E-state index in [4.69, 9.17) is 14.6 Å². The number of amides is 2. The summed E-state index contributed by atoms with van der Waals surface area (Å²) in [6.07, 6.45) is 2.11. The van der Waals surface area contributed by atoms with E-state index < -0.39 is 5.41 Å². The van der Waals surface area contributed by atoms with E-state index in [1.165, 1.54) is 0 Å². The molecular weight excluding hydrogens is 444 g/mol. The lowest BCUT2D eigenvalue weighted by atomic mass is 9.94. The van der Waals surface area contributed by atoms with Crippen molar-refractivity contribution in [2.75, 3.05) is 25.3 Å². The Balaban J connectivity index is 0.00000304. The van der Waals surface area contributed by atoms with Gasteiger partial charge in [-0.05, 0) is 84.8 Å². The number of nitrogens with one attached hydrogen (secondary N) is 2. The maximum absolute atomic E-state index is 13.3. The first-order valence-corrected chi connectivity index (χ1v) is 11.8. The number of hydrogen-bond acceptors (Lipinski definition) is 5. The summed E-state index contributed by atoms with van der Waals surface area (Å²) in [6.45, 7) is 2.71. The second-order valence-corrected chi connectivity index (χ2v) is 9.04. The first-order valence-electron chi connectivity index (χ1n) is 11.8. The Kier molecular flexibility index (Phi) is 6.17. The van der Waals surface area contributed by atoms with Gasteiger partial charge in [0.05, 0.1) is 5.41 Å². The summed E-state index contributed by atoms with van der Waals surface area (Å²) in [6, 6.07) is 19.0. The van der Waals surface area contributed by atoms with Crippen LogP contribution in [0, 0.1) is 6.92 Å². The van der Waals surface area contributed by atoms with Crippen molar-refractivity contribution in [1.82, 2.24) is 5.32 Å². The van der Waals surface area contributed by atoms with Gasteiger partial charge in [0.1, 0.15) is 0 Å². The molecular formula is C28H30N2O5. The molecule has 1 saturated carbocycles. The Bertz CT molecular complexity index is 1270. The number of carbonyl (C=O) groups is 2. The summed E-state index contributed by atoms with van der Waals surface area (Å²) < 4.78 is 10.9. The third-order valence-electron chi connectivity index (χ3n) is 6.68. The van der Waals surface area contributed by atoms with Gasteiger partial charge in [0.25, 0.3) is 5.91 Å². The largest absolute Gasteiger partial charge is 0.454 e. The molecule has 3 aromatic carbocycles. The van der Waals surface area contributed by atoms with Crippen LogP contribution >= 0.6 is 0 Å². The Morgan fingerprint density at radius 1 is 1.00 bits per heavy atom. The van der Waals surface area contributed by atoms with Crippen LogP contribution in [-0.2, 0) is 10.2 Å². The molecule has 2 aliphatic rings. The molecule has 7 heteroatoms. The molecule has 0 atom stereocenters. The average molecular weight is 475 g/mol. The number of aliphatic hydroxyl groups excluding tert-OH is 1. The van der Waals surface area contributed by atoms with Crippen LogP contribution in [0.2, 0.25) is 0 Å². The van der Waals surface area contributed by atoms with Gasteiger partial charge in [-0.15, -0.1) is 0 Å². The molecule has 5 rings (SSSR count). The number of aliphatic hydroxyl groups is 1. The molecule has 1 fully saturated rings. The third kappa shape index (κ3) is 4.59. The minimum atomic E-state index is -0.545. The highest BCUT2D eigenvalue weighted by atomic mass is 16.7. The zero-order chi connectivity index (χ0) is 24.4. The highest BCUT2D eigenvalue weighted by Gasteiger charge is 2.51. The van der Waals surface area contributed by atoms with E-state index in [0.29, 0.717) is 30.0 Å². The number of ether oxygens (including phenoxy) is 2. The zero-order valence-corrected chi connectivity index (χ0v) is 19.6. The molecule has 0 radical (unpaired) electrons. The predicted octanol–water partition coefficient (Wildman–Crippen LogP) is 4.42. The molecule has 1 heterocycles. The Morgan fingerprint density at radius 3 is 2.51 bits per heavy atom. The molecule has 2 amide bonds. The molecule has 182 valence electrons. The number of aryl methyl sites for hydroxylation is 1. The lowest BCUT2D eigenvalue weighted by Crippen LogP contribution is -2.27. The molecule has 3 N–H and O–H groups in total. The van der Waals surface area contributed by atoms with Gasteiger partial charge < -0.3 is 25.2 Å². The van der Waals surface area contributed by atoms with E-state index in [-0.39, 0.29) is 26.6 Å². The topological polar surface area (TPSA) is 96.9 Å². The molecule has 1 aliphatic carbocycles. The van der Waals surface area contributed by atoms with Gasteiger partial charge in [-0.25, -0.2) is 0 Å². The standard InChI is InChI=1S/C28H28N2O5.H2/c1-18-3-9-22(16-23(18)19-4-6-20(7-5-19)26(32)29-13-2-14-31)30-27(33)28(11-12-28)21-8-10-24-25(15-21)35-17-34-24;/h3-10,15-16,31H,2,11-14,17H2,1H3,(H,29,32)(H,30,33);1H. The van der Waals surface area contributed by atoms with E-state index >= 15 is 0 Å². The SMILES string of the molecule is Cc1ccc(NC(=O)C2(c3ccc4c(c3)OCO4)CC2)cc1-c1ccc(C(=O)NCCCO)cc1.[HH]. The van der Waals surface area contributed by atoms with Crippen molar-refractivity contribution >= 4 is 17.5 Å². The van der Waals surface area contributed by atoms with Crippen LogP contribution < -0.4 is 20.1 Å². The minimum Gasteiger partial charge on any atom is -0.454 e. The van der Waals surface area contributed by atoms with Crippen LogP contribution in [0.5, 0.6) is 11.5 Å². The summed E-state index contributed by atoms with van der Waals surface area (Å²) in [7, 11) is 0. The van der Waals surface area contributed by atoms with Crippen molar-refractivity contribution in [2.45, 2.75) is 31.6 Å². The predicted molar refractivity (Wildman–Crippen MR) is 135 cm³/mol. The van der Waals surface area contributed by atoms with Crippen molar-refractivity contribution in [3.63, 3.8) is 0 Å². The lowest BCUT2D eigenvalue weighted by Gasteiger charge is -2.17. The fourth-order valence-corrected chi connectivity index (χ4v) is 4.41. The zero-order valence-electron chi connectivity index (χ0n) is 19.6. The number of rotatable bonds is 8. The molecule has 1 aliphatic heterocycles. The van der Waals surface area contributed by atoms with Crippen LogP contribution in [0.1, 0.15) is 42.2 Å². The van der Waals surface area contributed by atoms with Gasteiger partial charge in [-0.3, -0.25) is 9.59 Å². The third-order valence-corrected chi connectivity index (χ3v) is 6.68. The molecule has 7 nitrogen and oxygen atoms in total. The number of benzene rings is 3. The monoisotopic (exact) mass is 474 g/mol. The first-order chi connectivity index (χ1) is 17.0. The Hall–Kier alpha value is -3.84. The first kappa shape index (κ1) is 22.9. The summed E-state index contributed by atoms with van der Waals surface area (Å²) in [5, 5.41) is 14.8. The summed E-state index contributed by atoms with van der Waals surface area (Å²) in [4.78, 5) is 25.5. The summed E-state index contributed by atoms with van der Waals surface area (Å²) in [5.74, 6) is 1.20. The normalized spacial score (nSPS) is 14.9. The number of anilines is 1. The van der Waals surface area contributed by atoms with E-state index in [2.05, 4.69) is 10.6 Å². The fourth-order valence-electron chi connectivity index (χ4n) is 4.41. The molecule has 3 aromatic rings. The lowest BCUT2D eigenvalue weighted by molar-refractivity contribution is -0.118. The maximum atomic E-state index is 13.3. The highest BCUT2D eigenvalue weighted by Crippen LogP contribution is 2.51. The van der Waals surface area contributed by atoms with Gasteiger partial charge in [0.2, 0.25) is 12.7 Å². The molecule has 35 heavy (non-hydrogen) atoms. The van der Waals surface area contributed by atoms with Crippen molar-refractivity contribution < 1.29 is 25.6 Å². The second-order valence-electron chi connectivity index (χ2n) is 9.04. The van der Waals surface area contributed by atoms with Crippen LogP contribution in [0.25, 0.3) is 11.1 Å². The molecule has 0 saturated heterocycles. The number of fused-ring (bicyclic) bond motifs is 1. The number of carbonyl (C=O) groups excluding carboxylic acids is 2. The highest BCUT2D eigenvalue weighted by molar-refractivity contribution is 6.02. The molecule has 0 unspecified atom stereocenters. The number of hydrogen-bond donors (Lipinski definition) is 3. The van der Waals surface area contributed by atoms with Gasteiger partial charge in [0, 0.05) is 25.8 Å². The molecule has 0 bridgehead atoms. The van der Waals surface area contributed by atoms with Crippen molar-refractivity contribution in [3.8, 4) is 22.6 Å². The Morgan fingerprint density at radius 2 is 1.77 bits per heavy atom. The van der Waals surface area contributed by atoms with Crippen LogP contribution in [0.15, 0.2) is 60.7 Å². The van der Waals surface area contributed by atoms with Gasteiger partial charge in [-0.1, -0.05) is 24.3 Å². The summed E-state index contributed by atoms with van der Waals surface area (Å²) >= 11 is 0. The van der Waals surface area contributed by atoms with Crippen molar-refractivity contribution in [3.05, 3.63) is 77.4 Å². The van der Waals surface area contributed by atoms with Gasteiger partial charge >= 0.3 is 0 Å². The Labute approximate surface area is 205 Å². The second kappa shape index (κ2) is 9.43. The molecule has 0 spiro atoms. The van der Waals surface area contributed by atoms with E-state index in [1.807, 2.05) is 55.5 Å². The van der Waals surface area contributed by atoms with E-state index in [0.717, 1.165) is 40.8 Å².